The topological polar surface area (TPSA) is 42.4 Å². The van der Waals surface area contributed by atoms with Crippen molar-refractivity contribution in [1.82, 2.24) is 9.88 Å². The van der Waals surface area contributed by atoms with E-state index in [0.717, 1.165) is 31.5 Å². The van der Waals surface area contributed by atoms with Crippen LogP contribution >= 0.6 is 11.6 Å². The predicted molar refractivity (Wildman–Crippen MR) is 99.1 cm³/mol. The molecule has 5 heteroatoms. The summed E-state index contributed by atoms with van der Waals surface area (Å²) in [6.45, 7) is 6.10. The first-order valence-electron chi connectivity index (χ1n) is 8.67. The van der Waals surface area contributed by atoms with E-state index < -0.39 is 0 Å². The van der Waals surface area contributed by atoms with E-state index in [1.807, 2.05) is 42.2 Å². The predicted octanol–water partition coefficient (Wildman–Crippen LogP) is 4.49. The number of ether oxygens (including phenoxy) is 1. The van der Waals surface area contributed by atoms with Crippen LogP contribution in [0.3, 0.4) is 0 Å². The van der Waals surface area contributed by atoms with Crippen LogP contribution < -0.4 is 4.74 Å². The molecule has 1 fully saturated rings. The monoisotopic (exact) mass is 358 g/mol. The number of hydrogen-bond acceptors (Lipinski definition) is 3. The van der Waals surface area contributed by atoms with E-state index in [0.29, 0.717) is 28.1 Å². The first kappa shape index (κ1) is 17.7. The molecule has 2 heterocycles. The van der Waals surface area contributed by atoms with Crippen molar-refractivity contribution in [3.05, 3.63) is 58.4 Å². The van der Waals surface area contributed by atoms with E-state index in [1.54, 1.807) is 6.07 Å². The Bertz CT molecular complexity index is 755. The van der Waals surface area contributed by atoms with Gasteiger partial charge < -0.3 is 9.64 Å². The fourth-order valence-corrected chi connectivity index (χ4v) is 3.22. The third-order valence-electron chi connectivity index (χ3n) is 4.56. The Hall–Kier alpha value is -2.07. The molecule has 0 bridgehead atoms. The maximum atomic E-state index is 12.6. The summed E-state index contributed by atoms with van der Waals surface area (Å²) in [5, 5.41) is 0.578. The minimum absolute atomic E-state index is 0.00196. The fourth-order valence-electron chi connectivity index (χ4n) is 2.93. The Kier molecular flexibility index (Phi) is 5.59. The van der Waals surface area contributed by atoms with Crippen molar-refractivity contribution in [1.29, 1.82) is 0 Å². The molecule has 1 saturated heterocycles. The lowest BCUT2D eigenvalue weighted by molar-refractivity contribution is 0.0690. The Balaban J connectivity index is 1.66. The van der Waals surface area contributed by atoms with Gasteiger partial charge in [-0.2, -0.15) is 0 Å². The normalized spacial score (nSPS) is 15.2. The Morgan fingerprint density at radius 2 is 2.04 bits per heavy atom. The summed E-state index contributed by atoms with van der Waals surface area (Å²) in [7, 11) is 0. The first-order chi connectivity index (χ1) is 12.0. The first-order valence-corrected chi connectivity index (χ1v) is 9.05. The number of carbonyl (C=O) groups excluding carboxylic acids is 1. The van der Waals surface area contributed by atoms with Crippen molar-refractivity contribution >= 4 is 17.5 Å². The van der Waals surface area contributed by atoms with E-state index in [9.17, 15) is 4.79 Å². The van der Waals surface area contributed by atoms with Crippen LogP contribution in [-0.2, 0) is 6.61 Å². The average molecular weight is 359 g/mol. The number of halogens is 1. The molecule has 0 aliphatic carbocycles. The molecule has 0 saturated carbocycles. The maximum absolute atomic E-state index is 12.6. The van der Waals surface area contributed by atoms with E-state index in [1.165, 1.54) is 0 Å². The molecular formula is C20H23ClN2O2. The number of carbonyl (C=O) groups is 1. The van der Waals surface area contributed by atoms with Crippen molar-refractivity contribution in [3.8, 4) is 5.75 Å². The van der Waals surface area contributed by atoms with E-state index in [-0.39, 0.29) is 12.5 Å². The summed E-state index contributed by atoms with van der Waals surface area (Å²) in [6, 6.07) is 11.1. The van der Waals surface area contributed by atoms with Crippen LogP contribution in [0.15, 0.2) is 36.4 Å². The second kappa shape index (κ2) is 7.87. The number of nitrogens with zero attached hydrogens (tertiary/aromatic N) is 2. The SMILES string of the molecule is Cc1ccc(OCc2cccc(C(=O)N3CCC(C)CC3)n2)c(Cl)c1. The summed E-state index contributed by atoms with van der Waals surface area (Å²) in [5.74, 6) is 1.31. The van der Waals surface area contributed by atoms with Crippen molar-refractivity contribution in [2.45, 2.75) is 33.3 Å². The van der Waals surface area contributed by atoms with Gasteiger partial charge in [-0.1, -0.05) is 30.7 Å². The number of hydrogen-bond donors (Lipinski definition) is 0. The molecule has 25 heavy (non-hydrogen) atoms. The van der Waals surface area contributed by atoms with Gasteiger partial charge in [0.15, 0.2) is 0 Å². The molecule has 132 valence electrons. The smallest absolute Gasteiger partial charge is 0.272 e. The number of aromatic nitrogens is 1. The molecule has 0 radical (unpaired) electrons. The summed E-state index contributed by atoms with van der Waals surface area (Å²) in [5.41, 5.74) is 2.28. The number of rotatable bonds is 4. The number of likely N-dealkylation sites (tertiary alicyclic amines) is 1. The van der Waals surface area contributed by atoms with Gasteiger partial charge in [0.05, 0.1) is 10.7 Å². The van der Waals surface area contributed by atoms with Gasteiger partial charge >= 0.3 is 0 Å². The highest BCUT2D eigenvalue weighted by Crippen LogP contribution is 2.26. The Morgan fingerprint density at radius 3 is 2.76 bits per heavy atom. The highest BCUT2D eigenvalue weighted by Gasteiger charge is 2.22. The molecule has 2 aromatic rings. The number of pyridine rings is 1. The largest absolute Gasteiger partial charge is 0.486 e. The van der Waals surface area contributed by atoms with Gasteiger partial charge in [0.25, 0.3) is 5.91 Å². The molecule has 0 spiro atoms. The quantitative estimate of drug-likeness (QED) is 0.808. The fraction of sp³-hybridized carbons (Fsp3) is 0.400. The molecule has 4 nitrogen and oxygen atoms in total. The number of benzene rings is 1. The lowest BCUT2D eigenvalue weighted by Crippen LogP contribution is -2.38. The molecule has 0 N–H and O–H groups in total. The summed E-state index contributed by atoms with van der Waals surface area (Å²) in [4.78, 5) is 19.0. The lowest BCUT2D eigenvalue weighted by atomic mass is 9.99. The molecular weight excluding hydrogens is 336 g/mol. The highest BCUT2D eigenvalue weighted by molar-refractivity contribution is 6.32. The molecule has 0 atom stereocenters. The maximum Gasteiger partial charge on any atom is 0.272 e. The van der Waals surface area contributed by atoms with Crippen LogP contribution in [0, 0.1) is 12.8 Å². The van der Waals surface area contributed by atoms with Gasteiger partial charge in [-0.05, 0) is 55.5 Å². The molecule has 1 aliphatic rings. The van der Waals surface area contributed by atoms with Crippen LogP contribution in [0.5, 0.6) is 5.75 Å². The molecule has 1 aromatic heterocycles. The van der Waals surface area contributed by atoms with E-state index >= 15 is 0 Å². The molecule has 3 rings (SSSR count). The number of piperidine rings is 1. The second-order valence-corrected chi connectivity index (χ2v) is 7.12. The standard InChI is InChI=1S/C20H23ClN2O2/c1-14-8-10-23(11-9-14)20(24)18-5-3-4-16(22-18)13-25-19-7-6-15(2)12-17(19)21/h3-7,12,14H,8-11,13H2,1-2H3. The van der Waals surface area contributed by atoms with E-state index in [2.05, 4.69) is 11.9 Å². The van der Waals surface area contributed by atoms with Gasteiger partial charge in [-0.15, -0.1) is 0 Å². The third kappa shape index (κ3) is 4.51. The third-order valence-corrected chi connectivity index (χ3v) is 4.86. The van der Waals surface area contributed by atoms with Crippen LogP contribution in [0.25, 0.3) is 0 Å². The average Bonchev–Trinajstić information content (AvgIpc) is 2.61. The zero-order chi connectivity index (χ0) is 17.8. The van der Waals surface area contributed by atoms with Crippen LogP contribution in [0.4, 0.5) is 0 Å². The van der Waals surface area contributed by atoms with Gasteiger partial charge in [0, 0.05) is 13.1 Å². The van der Waals surface area contributed by atoms with Crippen molar-refractivity contribution in [3.63, 3.8) is 0 Å². The summed E-state index contributed by atoms with van der Waals surface area (Å²) >= 11 is 6.18. The minimum Gasteiger partial charge on any atom is -0.486 e. The highest BCUT2D eigenvalue weighted by atomic mass is 35.5. The van der Waals surface area contributed by atoms with Crippen molar-refractivity contribution in [2.75, 3.05) is 13.1 Å². The minimum atomic E-state index is 0.00196. The number of aryl methyl sites for hydroxylation is 1. The number of amides is 1. The Labute approximate surface area is 153 Å². The van der Waals surface area contributed by atoms with E-state index in [4.69, 9.17) is 16.3 Å². The molecule has 1 aromatic carbocycles. The molecule has 1 aliphatic heterocycles. The van der Waals surface area contributed by atoms with Gasteiger partial charge in [0.2, 0.25) is 0 Å². The lowest BCUT2D eigenvalue weighted by Gasteiger charge is -2.30. The Morgan fingerprint density at radius 1 is 1.28 bits per heavy atom. The summed E-state index contributed by atoms with van der Waals surface area (Å²) < 4.78 is 5.75. The van der Waals surface area contributed by atoms with Crippen LogP contribution in [0.1, 0.15) is 41.5 Å². The van der Waals surface area contributed by atoms with Gasteiger partial charge in [-0.3, -0.25) is 4.79 Å². The summed E-state index contributed by atoms with van der Waals surface area (Å²) in [6.07, 6.45) is 2.11. The van der Waals surface area contributed by atoms with Crippen LogP contribution in [-0.4, -0.2) is 28.9 Å². The molecule has 0 unspecified atom stereocenters. The van der Waals surface area contributed by atoms with Crippen molar-refractivity contribution in [2.24, 2.45) is 5.92 Å². The zero-order valence-corrected chi connectivity index (χ0v) is 15.4. The van der Waals surface area contributed by atoms with Gasteiger partial charge in [-0.25, -0.2) is 4.98 Å². The zero-order valence-electron chi connectivity index (χ0n) is 14.7. The van der Waals surface area contributed by atoms with Gasteiger partial charge in [0.1, 0.15) is 18.1 Å². The molecule has 1 amide bonds. The van der Waals surface area contributed by atoms with Crippen molar-refractivity contribution < 1.29 is 9.53 Å². The second-order valence-electron chi connectivity index (χ2n) is 6.71. The van der Waals surface area contributed by atoms with Crippen LogP contribution in [0.2, 0.25) is 5.02 Å².